The molecule has 11 heteroatoms. The Hall–Kier alpha value is -2.69. The first-order valence-electron chi connectivity index (χ1n) is 10.5. The molecule has 1 aliphatic rings. The molecule has 4 rings (SSSR count). The van der Waals surface area contributed by atoms with Crippen molar-refractivity contribution in [2.75, 3.05) is 44.8 Å². The summed E-state index contributed by atoms with van der Waals surface area (Å²) in [6, 6.07) is 12.8. The van der Waals surface area contributed by atoms with Crippen LogP contribution in [-0.2, 0) is 17.5 Å². The molecule has 1 atom stereocenters. The van der Waals surface area contributed by atoms with E-state index in [1.54, 1.807) is 17.9 Å². The maximum absolute atomic E-state index is 13.1. The Balaban J connectivity index is 1.56. The van der Waals surface area contributed by atoms with Gasteiger partial charge in [-0.2, -0.15) is 13.2 Å². The summed E-state index contributed by atoms with van der Waals surface area (Å²) in [4.78, 5) is 4.21. The number of rotatable bonds is 7. The number of hydrogen-bond acceptors (Lipinski definition) is 6. The number of tetrazole rings is 1. The number of halogens is 4. The van der Waals surface area contributed by atoms with Crippen molar-refractivity contribution in [3.63, 3.8) is 0 Å². The second kappa shape index (κ2) is 10.1. The van der Waals surface area contributed by atoms with Gasteiger partial charge in [0, 0.05) is 44.0 Å². The fourth-order valence-electron chi connectivity index (χ4n) is 4.03. The molecule has 33 heavy (non-hydrogen) atoms. The molecule has 3 aromatic rings. The number of methoxy groups -OCH3 is 1. The summed E-state index contributed by atoms with van der Waals surface area (Å²) in [5, 5.41) is 12.9. The van der Waals surface area contributed by atoms with Crippen LogP contribution in [0.2, 0.25) is 5.02 Å². The first-order chi connectivity index (χ1) is 15.9. The average molecular weight is 481 g/mol. The summed E-state index contributed by atoms with van der Waals surface area (Å²) in [5.74, 6) is 0.682. The van der Waals surface area contributed by atoms with E-state index in [0.717, 1.165) is 11.6 Å². The molecule has 1 aliphatic heterocycles. The van der Waals surface area contributed by atoms with Crippen LogP contribution in [0.3, 0.4) is 0 Å². The molecule has 7 nitrogen and oxygen atoms in total. The molecule has 176 valence electrons. The fourth-order valence-corrected chi connectivity index (χ4v) is 4.16. The monoisotopic (exact) mass is 480 g/mol. The Kier molecular flexibility index (Phi) is 7.16. The highest BCUT2D eigenvalue weighted by atomic mass is 35.5. The molecule has 2 aromatic carbocycles. The van der Waals surface area contributed by atoms with Gasteiger partial charge in [-0.3, -0.25) is 4.90 Å². The lowest BCUT2D eigenvalue weighted by molar-refractivity contribution is -0.137. The van der Waals surface area contributed by atoms with E-state index in [0.29, 0.717) is 55.9 Å². The smallest absolute Gasteiger partial charge is 0.383 e. The van der Waals surface area contributed by atoms with Crippen LogP contribution in [0, 0.1) is 0 Å². The number of anilines is 1. The summed E-state index contributed by atoms with van der Waals surface area (Å²) in [6.45, 7) is 3.37. The van der Waals surface area contributed by atoms with Crippen molar-refractivity contribution < 1.29 is 17.9 Å². The van der Waals surface area contributed by atoms with Crippen LogP contribution in [0.4, 0.5) is 18.9 Å². The summed E-state index contributed by atoms with van der Waals surface area (Å²) in [5.41, 5.74) is 0.914. The van der Waals surface area contributed by atoms with Crippen LogP contribution in [0.25, 0.3) is 0 Å². The van der Waals surface area contributed by atoms with Crippen LogP contribution >= 0.6 is 11.6 Å². The van der Waals surface area contributed by atoms with Crippen molar-refractivity contribution in [3.05, 3.63) is 70.5 Å². The molecule has 1 saturated heterocycles. The first-order valence-corrected chi connectivity index (χ1v) is 10.9. The number of hydrogen-bond donors (Lipinski definition) is 0. The number of benzene rings is 2. The molecule has 0 N–H and O–H groups in total. The molecule has 1 aromatic heterocycles. The molecule has 0 amide bonds. The van der Waals surface area contributed by atoms with Crippen LogP contribution in [-0.4, -0.2) is 65.0 Å². The minimum absolute atomic E-state index is 0.224. The third-order valence-electron chi connectivity index (χ3n) is 5.72. The third kappa shape index (κ3) is 5.45. The van der Waals surface area contributed by atoms with Crippen LogP contribution in [0.15, 0.2) is 48.5 Å². The minimum Gasteiger partial charge on any atom is -0.383 e. The first kappa shape index (κ1) is 23.5. The third-order valence-corrected chi connectivity index (χ3v) is 5.97. The molecule has 0 saturated carbocycles. The highest BCUT2D eigenvalue weighted by molar-refractivity contribution is 6.30. The Labute approximate surface area is 194 Å². The number of alkyl halides is 3. The largest absolute Gasteiger partial charge is 0.416 e. The van der Waals surface area contributed by atoms with Gasteiger partial charge in [-0.25, -0.2) is 4.68 Å². The molecule has 0 radical (unpaired) electrons. The van der Waals surface area contributed by atoms with Crippen LogP contribution < -0.4 is 4.90 Å². The maximum atomic E-state index is 13.1. The Morgan fingerprint density at radius 2 is 1.79 bits per heavy atom. The highest BCUT2D eigenvalue weighted by Crippen LogP contribution is 2.33. The van der Waals surface area contributed by atoms with Crippen molar-refractivity contribution in [1.29, 1.82) is 0 Å². The summed E-state index contributed by atoms with van der Waals surface area (Å²) < 4.78 is 46.3. The van der Waals surface area contributed by atoms with Gasteiger partial charge in [0.05, 0.1) is 24.8 Å². The molecule has 2 heterocycles. The molecule has 0 bridgehead atoms. The van der Waals surface area contributed by atoms with E-state index in [1.807, 2.05) is 29.2 Å². The van der Waals surface area contributed by atoms with E-state index in [2.05, 4.69) is 20.4 Å². The molecule has 1 fully saturated rings. The fraction of sp³-hybridized carbons (Fsp3) is 0.409. The number of piperazine rings is 1. The second-order valence-corrected chi connectivity index (χ2v) is 8.21. The number of aromatic nitrogens is 4. The molecular formula is C22H24ClF3N6O. The van der Waals surface area contributed by atoms with E-state index in [4.69, 9.17) is 16.3 Å². The van der Waals surface area contributed by atoms with Gasteiger partial charge in [-0.05, 0) is 46.3 Å². The van der Waals surface area contributed by atoms with Gasteiger partial charge >= 0.3 is 6.18 Å². The number of ether oxygens (including phenoxy) is 1. The lowest BCUT2D eigenvalue weighted by Gasteiger charge is -2.40. The van der Waals surface area contributed by atoms with Gasteiger partial charge in [0.25, 0.3) is 0 Å². The van der Waals surface area contributed by atoms with Crippen molar-refractivity contribution in [2.24, 2.45) is 0 Å². The van der Waals surface area contributed by atoms with E-state index < -0.39 is 11.7 Å². The summed E-state index contributed by atoms with van der Waals surface area (Å²) in [7, 11) is 1.62. The minimum atomic E-state index is -4.36. The van der Waals surface area contributed by atoms with Gasteiger partial charge in [-0.1, -0.05) is 29.8 Å². The van der Waals surface area contributed by atoms with Gasteiger partial charge in [-0.15, -0.1) is 5.10 Å². The predicted octanol–water partition coefficient (Wildman–Crippen LogP) is 3.90. The molecule has 0 spiro atoms. The van der Waals surface area contributed by atoms with Crippen molar-refractivity contribution >= 4 is 17.3 Å². The lowest BCUT2D eigenvalue weighted by Crippen LogP contribution is -2.48. The Bertz CT molecular complexity index is 1050. The van der Waals surface area contributed by atoms with E-state index in [-0.39, 0.29) is 6.04 Å². The number of nitrogens with zero attached hydrogens (tertiary/aromatic N) is 6. The van der Waals surface area contributed by atoms with Crippen molar-refractivity contribution in [1.82, 2.24) is 25.1 Å². The van der Waals surface area contributed by atoms with Crippen LogP contribution in [0.1, 0.15) is 23.0 Å². The zero-order valence-electron chi connectivity index (χ0n) is 18.0. The SMILES string of the molecule is COCCn1nnnc1[C@H](c1ccc(Cl)cc1)N1CCN(c2cccc(C(F)(F)F)c2)CC1. The van der Waals surface area contributed by atoms with Gasteiger partial charge in [0.2, 0.25) is 0 Å². The predicted molar refractivity (Wildman–Crippen MR) is 118 cm³/mol. The Morgan fingerprint density at radius 3 is 2.45 bits per heavy atom. The van der Waals surface area contributed by atoms with Crippen molar-refractivity contribution in [3.8, 4) is 0 Å². The van der Waals surface area contributed by atoms with Gasteiger partial charge in [0.1, 0.15) is 0 Å². The Morgan fingerprint density at radius 1 is 1.06 bits per heavy atom. The molecule has 0 aliphatic carbocycles. The van der Waals surface area contributed by atoms with Gasteiger partial charge < -0.3 is 9.64 Å². The van der Waals surface area contributed by atoms with Gasteiger partial charge in [0.15, 0.2) is 5.82 Å². The maximum Gasteiger partial charge on any atom is 0.416 e. The standard InChI is InChI=1S/C22H24ClF3N6O/c1-33-14-13-32-21(27-28-29-32)20(16-5-7-18(23)8-6-16)31-11-9-30(10-12-31)19-4-2-3-17(15-19)22(24,25)26/h2-8,15,20H,9-14H2,1H3/t20-/m0/s1. The normalized spacial score (nSPS) is 16.2. The van der Waals surface area contributed by atoms with E-state index in [1.165, 1.54) is 12.1 Å². The second-order valence-electron chi connectivity index (χ2n) is 7.78. The summed E-state index contributed by atoms with van der Waals surface area (Å²) >= 11 is 6.10. The van der Waals surface area contributed by atoms with Crippen LogP contribution in [0.5, 0.6) is 0 Å². The average Bonchev–Trinajstić information content (AvgIpc) is 3.27. The quantitative estimate of drug-likeness (QED) is 0.511. The highest BCUT2D eigenvalue weighted by Gasteiger charge is 2.33. The molecule has 0 unspecified atom stereocenters. The van der Waals surface area contributed by atoms with Crippen molar-refractivity contribution in [2.45, 2.75) is 18.8 Å². The zero-order chi connectivity index (χ0) is 23.4. The molecular weight excluding hydrogens is 457 g/mol. The lowest BCUT2D eigenvalue weighted by atomic mass is 10.0. The van der Waals surface area contributed by atoms with E-state index >= 15 is 0 Å². The summed E-state index contributed by atoms with van der Waals surface area (Å²) in [6.07, 6.45) is -4.36. The van der Waals surface area contributed by atoms with E-state index in [9.17, 15) is 13.2 Å². The topological polar surface area (TPSA) is 59.3 Å². The zero-order valence-corrected chi connectivity index (χ0v) is 18.8.